The standard InChI is InChI=1S/C20H21N5O3/c1-13-8-10-16(11-9-13)19-22-24-25(23-19)12-17(26)21-18(14(2)20(27)28)15-6-4-3-5-7-15/h3-11,14,18H,12H2,1-2H3,(H,21,26)(H,27,28). The first-order valence-corrected chi connectivity index (χ1v) is 8.86. The van der Waals surface area contributed by atoms with Crippen LogP contribution in [0.2, 0.25) is 0 Å². The van der Waals surface area contributed by atoms with Crippen molar-refractivity contribution < 1.29 is 14.7 Å². The van der Waals surface area contributed by atoms with Gasteiger partial charge in [-0.3, -0.25) is 9.59 Å². The summed E-state index contributed by atoms with van der Waals surface area (Å²) < 4.78 is 0. The number of nitrogens with one attached hydrogen (secondary N) is 1. The number of carboxylic acid groups (broad SMARTS) is 1. The number of carboxylic acids is 1. The molecule has 0 spiro atoms. The average Bonchev–Trinajstić information content (AvgIpc) is 3.15. The highest BCUT2D eigenvalue weighted by molar-refractivity contribution is 5.78. The summed E-state index contributed by atoms with van der Waals surface area (Å²) in [5, 5.41) is 24.3. The summed E-state index contributed by atoms with van der Waals surface area (Å²) in [6, 6.07) is 16.0. The molecule has 0 aliphatic heterocycles. The lowest BCUT2D eigenvalue weighted by Gasteiger charge is -2.22. The van der Waals surface area contributed by atoms with Gasteiger partial charge in [0.05, 0.1) is 12.0 Å². The van der Waals surface area contributed by atoms with E-state index in [1.807, 2.05) is 37.3 Å². The van der Waals surface area contributed by atoms with Gasteiger partial charge in [-0.15, -0.1) is 10.2 Å². The number of aromatic nitrogens is 4. The average molecular weight is 379 g/mol. The maximum Gasteiger partial charge on any atom is 0.308 e. The van der Waals surface area contributed by atoms with Crippen molar-refractivity contribution in [1.82, 2.24) is 25.5 Å². The third-order valence-electron chi connectivity index (χ3n) is 4.41. The first-order chi connectivity index (χ1) is 13.4. The van der Waals surface area contributed by atoms with Crippen LogP contribution >= 0.6 is 0 Å². The zero-order chi connectivity index (χ0) is 20.1. The summed E-state index contributed by atoms with van der Waals surface area (Å²) in [5.74, 6) is -1.76. The third-order valence-corrected chi connectivity index (χ3v) is 4.41. The van der Waals surface area contributed by atoms with E-state index in [9.17, 15) is 14.7 Å². The predicted octanol–water partition coefficient (Wildman–Crippen LogP) is 2.23. The van der Waals surface area contributed by atoms with Gasteiger partial charge in [-0.2, -0.15) is 4.80 Å². The first kappa shape index (κ1) is 19.2. The number of aliphatic carboxylic acids is 1. The van der Waals surface area contributed by atoms with Crippen LogP contribution in [0.4, 0.5) is 0 Å². The molecule has 0 aliphatic carbocycles. The van der Waals surface area contributed by atoms with Crippen LogP contribution < -0.4 is 5.32 Å². The van der Waals surface area contributed by atoms with Crippen molar-refractivity contribution in [3.8, 4) is 11.4 Å². The summed E-state index contributed by atoms with van der Waals surface area (Å²) in [4.78, 5) is 25.1. The highest BCUT2D eigenvalue weighted by Crippen LogP contribution is 2.22. The quantitative estimate of drug-likeness (QED) is 0.651. The molecule has 28 heavy (non-hydrogen) atoms. The lowest BCUT2D eigenvalue weighted by molar-refractivity contribution is -0.142. The maximum absolute atomic E-state index is 12.5. The zero-order valence-corrected chi connectivity index (χ0v) is 15.6. The van der Waals surface area contributed by atoms with Crippen molar-refractivity contribution in [2.45, 2.75) is 26.4 Å². The monoisotopic (exact) mass is 379 g/mol. The van der Waals surface area contributed by atoms with Crippen molar-refractivity contribution >= 4 is 11.9 Å². The maximum atomic E-state index is 12.5. The van der Waals surface area contributed by atoms with Crippen molar-refractivity contribution in [3.63, 3.8) is 0 Å². The van der Waals surface area contributed by atoms with E-state index in [1.165, 1.54) is 4.80 Å². The van der Waals surface area contributed by atoms with Gasteiger partial charge >= 0.3 is 5.97 Å². The van der Waals surface area contributed by atoms with Crippen LogP contribution in [0.3, 0.4) is 0 Å². The molecule has 3 rings (SSSR count). The number of hydrogen-bond acceptors (Lipinski definition) is 5. The molecule has 2 atom stereocenters. The number of tetrazole rings is 1. The third kappa shape index (κ3) is 4.59. The molecule has 1 aromatic heterocycles. The van der Waals surface area contributed by atoms with Crippen LogP contribution in [0.15, 0.2) is 54.6 Å². The number of rotatable bonds is 7. The molecular formula is C20H21N5O3. The number of hydrogen-bond donors (Lipinski definition) is 2. The Morgan fingerprint density at radius 2 is 1.79 bits per heavy atom. The molecule has 2 N–H and O–H groups in total. The number of benzene rings is 2. The van der Waals surface area contributed by atoms with E-state index in [0.29, 0.717) is 5.82 Å². The molecule has 144 valence electrons. The molecule has 8 nitrogen and oxygen atoms in total. The lowest BCUT2D eigenvalue weighted by Crippen LogP contribution is -2.37. The van der Waals surface area contributed by atoms with E-state index < -0.39 is 23.8 Å². The van der Waals surface area contributed by atoms with Crippen molar-refractivity contribution in [2.24, 2.45) is 5.92 Å². The Balaban J connectivity index is 1.71. The lowest BCUT2D eigenvalue weighted by atomic mass is 9.94. The van der Waals surface area contributed by atoms with Gasteiger partial charge in [0.25, 0.3) is 0 Å². The number of carbonyl (C=O) groups excluding carboxylic acids is 1. The molecule has 1 heterocycles. The van der Waals surface area contributed by atoms with Crippen molar-refractivity contribution in [1.29, 1.82) is 0 Å². The molecule has 0 saturated heterocycles. The number of carbonyl (C=O) groups is 2. The molecule has 2 aromatic carbocycles. The van der Waals surface area contributed by atoms with Crippen molar-refractivity contribution in [3.05, 3.63) is 65.7 Å². The van der Waals surface area contributed by atoms with E-state index in [4.69, 9.17) is 0 Å². The smallest absolute Gasteiger partial charge is 0.308 e. The van der Waals surface area contributed by atoms with Gasteiger partial charge in [0, 0.05) is 5.56 Å². The molecule has 0 fully saturated rings. The summed E-state index contributed by atoms with van der Waals surface area (Å²) in [6.07, 6.45) is 0. The van der Waals surface area contributed by atoms with Gasteiger partial charge < -0.3 is 10.4 Å². The Kier molecular flexibility index (Phi) is 5.78. The normalized spacial score (nSPS) is 12.9. The number of amides is 1. The van der Waals surface area contributed by atoms with Gasteiger partial charge in [0.2, 0.25) is 11.7 Å². The Morgan fingerprint density at radius 3 is 2.43 bits per heavy atom. The Morgan fingerprint density at radius 1 is 1.11 bits per heavy atom. The van der Waals surface area contributed by atoms with Crippen LogP contribution in [0.5, 0.6) is 0 Å². The highest BCUT2D eigenvalue weighted by Gasteiger charge is 2.27. The summed E-state index contributed by atoms with van der Waals surface area (Å²) >= 11 is 0. The van der Waals surface area contributed by atoms with Crippen LogP contribution in [-0.2, 0) is 16.1 Å². The van der Waals surface area contributed by atoms with Gasteiger partial charge in [-0.25, -0.2) is 0 Å². The van der Waals surface area contributed by atoms with Gasteiger partial charge in [-0.1, -0.05) is 60.2 Å². The molecule has 3 aromatic rings. The van der Waals surface area contributed by atoms with Gasteiger partial charge in [-0.05, 0) is 24.6 Å². The van der Waals surface area contributed by atoms with E-state index in [-0.39, 0.29) is 6.54 Å². The second-order valence-corrected chi connectivity index (χ2v) is 6.59. The SMILES string of the molecule is Cc1ccc(-c2nnn(CC(=O)NC(c3ccccc3)C(C)C(=O)O)n2)cc1. The minimum atomic E-state index is -0.991. The first-order valence-electron chi connectivity index (χ1n) is 8.86. The Labute approximate surface area is 162 Å². The van der Waals surface area contributed by atoms with E-state index in [2.05, 4.69) is 20.7 Å². The van der Waals surface area contributed by atoms with Crippen LogP contribution in [0, 0.1) is 12.8 Å². The molecule has 0 radical (unpaired) electrons. The van der Waals surface area contributed by atoms with Crippen molar-refractivity contribution in [2.75, 3.05) is 0 Å². The fourth-order valence-electron chi connectivity index (χ4n) is 2.78. The molecular weight excluding hydrogens is 358 g/mol. The molecule has 0 saturated carbocycles. The van der Waals surface area contributed by atoms with Gasteiger partial charge in [0.1, 0.15) is 6.54 Å². The summed E-state index contributed by atoms with van der Waals surface area (Å²) in [7, 11) is 0. The van der Waals surface area contributed by atoms with Crippen LogP contribution in [0.25, 0.3) is 11.4 Å². The predicted molar refractivity (Wildman–Crippen MR) is 102 cm³/mol. The van der Waals surface area contributed by atoms with Gasteiger partial charge in [0.15, 0.2) is 0 Å². The Hall–Kier alpha value is -3.55. The minimum absolute atomic E-state index is 0.158. The zero-order valence-electron chi connectivity index (χ0n) is 15.6. The fraction of sp³-hybridized carbons (Fsp3) is 0.250. The molecule has 2 unspecified atom stereocenters. The molecule has 1 amide bonds. The van der Waals surface area contributed by atoms with Crippen LogP contribution in [0.1, 0.15) is 24.1 Å². The number of nitrogens with zero attached hydrogens (tertiary/aromatic N) is 4. The van der Waals surface area contributed by atoms with E-state index in [0.717, 1.165) is 16.7 Å². The number of aryl methyl sites for hydroxylation is 1. The van der Waals surface area contributed by atoms with E-state index >= 15 is 0 Å². The second kappa shape index (κ2) is 8.43. The van der Waals surface area contributed by atoms with E-state index in [1.54, 1.807) is 31.2 Å². The molecule has 8 heteroatoms. The second-order valence-electron chi connectivity index (χ2n) is 6.59. The summed E-state index contributed by atoms with van der Waals surface area (Å²) in [5.41, 5.74) is 2.64. The Bertz CT molecular complexity index is 953. The fourth-order valence-corrected chi connectivity index (χ4v) is 2.78. The minimum Gasteiger partial charge on any atom is -0.481 e. The van der Waals surface area contributed by atoms with Crippen LogP contribution in [-0.4, -0.2) is 37.2 Å². The topological polar surface area (TPSA) is 110 Å². The molecule has 0 aliphatic rings. The largest absolute Gasteiger partial charge is 0.481 e. The highest BCUT2D eigenvalue weighted by atomic mass is 16.4. The summed E-state index contributed by atoms with van der Waals surface area (Å²) in [6.45, 7) is 3.39. The molecule has 0 bridgehead atoms.